The minimum absolute atomic E-state index is 0.241. The van der Waals surface area contributed by atoms with Crippen molar-refractivity contribution in [1.82, 2.24) is 0 Å². The maximum Gasteiger partial charge on any atom is 0.0608 e. The highest BCUT2D eigenvalue weighted by molar-refractivity contribution is 5.37. The van der Waals surface area contributed by atoms with Gasteiger partial charge in [-0.25, -0.2) is 0 Å². The first-order valence-corrected chi connectivity index (χ1v) is 6.57. The molecule has 96 valence electrons. The Morgan fingerprint density at radius 3 is 1.88 bits per heavy atom. The molecule has 0 aromatic heterocycles. The fraction of sp³-hybridized carbons (Fsp3) is 0.625. The van der Waals surface area contributed by atoms with Gasteiger partial charge in [0.1, 0.15) is 0 Å². The van der Waals surface area contributed by atoms with Gasteiger partial charge < -0.3 is 5.11 Å². The van der Waals surface area contributed by atoms with E-state index in [1.165, 1.54) is 22.3 Å². The molecule has 0 fully saturated rings. The number of aryl methyl sites for hydroxylation is 3. The summed E-state index contributed by atoms with van der Waals surface area (Å²) in [5, 5.41) is 10.3. The lowest BCUT2D eigenvalue weighted by molar-refractivity contribution is 0.0919. The first-order valence-electron chi connectivity index (χ1n) is 6.57. The third-order valence-corrected chi connectivity index (χ3v) is 3.91. The van der Waals surface area contributed by atoms with Crippen molar-refractivity contribution in [3.05, 3.63) is 34.4 Å². The summed E-state index contributed by atoms with van der Waals surface area (Å²) in [5.41, 5.74) is 5.22. The topological polar surface area (TPSA) is 20.2 Å². The van der Waals surface area contributed by atoms with Gasteiger partial charge in [-0.15, -0.1) is 0 Å². The predicted molar refractivity (Wildman–Crippen MR) is 74.4 cm³/mol. The minimum Gasteiger partial charge on any atom is -0.392 e. The molecule has 17 heavy (non-hydrogen) atoms. The number of rotatable bonds is 4. The van der Waals surface area contributed by atoms with Crippen LogP contribution >= 0.6 is 0 Å². The fourth-order valence-corrected chi connectivity index (χ4v) is 2.37. The van der Waals surface area contributed by atoms with Gasteiger partial charge in [-0.05, 0) is 55.7 Å². The second kappa shape index (κ2) is 5.68. The van der Waals surface area contributed by atoms with Crippen LogP contribution in [0.1, 0.15) is 43.0 Å². The van der Waals surface area contributed by atoms with E-state index in [1.807, 2.05) is 0 Å². The molecular formula is C16H26O. The third-order valence-electron chi connectivity index (χ3n) is 3.91. The highest BCUT2D eigenvalue weighted by Crippen LogP contribution is 2.23. The Labute approximate surface area is 106 Å². The molecule has 1 rings (SSSR count). The molecule has 0 aliphatic rings. The van der Waals surface area contributed by atoms with Crippen molar-refractivity contribution in [2.75, 3.05) is 0 Å². The van der Waals surface area contributed by atoms with Gasteiger partial charge in [0.25, 0.3) is 0 Å². The second-order valence-electron chi connectivity index (χ2n) is 5.75. The smallest absolute Gasteiger partial charge is 0.0608 e. The van der Waals surface area contributed by atoms with Crippen LogP contribution in [-0.2, 0) is 6.42 Å². The van der Waals surface area contributed by atoms with E-state index in [2.05, 4.69) is 53.7 Å². The molecule has 1 nitrogen and oxygen atoms in total. The molecule has 2 atom stereocenters. The van der Waals surface area contributed by atoms with E-state index in [9.17, 15) is 5.11 Å². The number of hydrogen-bond acceptors (Lipinski definition) is 1. The normalized spacial score (nSPS) is 15.1. The molecule has 0 bridgehead atoms. The van der Waals surface area contributed by atoms with Gasteiger partial charge in [-0.2, -0.15) is 0 Å². The van der Waals surface area contributed by atoms with E-state index in [1.54, 1.807) is 0 Å². The largest absolute Gasteiger partial charge is 0.392 e. The molecular weight excluding hydrogens is 208 g/mol. The van der Waals surface area contributed by atoms with Crippen LogP contribution in [0.25, 0.3) is 0 Å². The van der Waals surface area contributed by atoms with Crippen molar-refractivity contribution >= 4 is 0 Å². The Morgan fingerprint density at radius 1 is 1.00 bits per heavy atom. The van der Waals surface area contributed by atoms with Crippen LogP contribution in [0.4, 0.5) is 0 Å². The standard InChI is InChI=1S/C16H26O/c1-10(2)14(6)16(17)9-15-12(4)7-11(3)8-13(15)5/h7-8,10,14,16-17H,9H2,1-6H3. The second-order valence-corrected chi connectivity index (χ2v) is 5.75. The molecule has 0 saturated heterocycles. The van der Waals surface area contributed by atoms with Crippen LogP contribution in [0.5, 0.6) is 0 Å². The Kier molecular flexibility index (Phi) is 4.76. The molecule has 0 aliphatic carbocycles. The monoisotopic (exact) mass is 234 g/mol. The molecule has 0 aliphatic heterocycles. The van der Waals surface area contributed by atoms with Gasteiger partial charge in [0.05, 0.1) is 6.10 Å². The zero-order valence-corrected chi connectivity index (χ0v) is 12.0. The fourth-order valence-electron chi connectivity index (χ4n) is 2.37. The van der Waals surface area contributed by atoms with Gasteiger partial charge in [0, 0.05) is 0 Å². The minimum atomic E-state index is -0.241. The van der Waals surface area contributed by atoms with Gasteiger partial charge in [0.15, 0.2) is 0 Å². The van der Waals surface area contributed by atoms with Crippen molar-refractivity contribution in [2.24, 2.45) is 11.8 Å². The van der Waals surface area contributed by atoms with E-state index < -0.39 is 0 Å². The van der Waals surface area contributed by atoms with Gasteiger partial charge >= 0.3 is 0 Å². The predicted octanol–water partition coefficient (Wildman–Crippen LogP) is 3.81. The van der Waals surface area contributed by atoms with Crippen LogP contribution in [-0.4, -0.2) is 11.2 Å². The lowest BCUT2D eigenvalue weighted by Gasteiger charge is -2.24. The molecule has 0 amide bonds. The number of aliphatic hydroxyl groups excluding tert-OH is 1. The average molecular weight is 234 g/mol. The summed E-state index contributed by atoms with van der Waals surface area (Å²) in [6, 6.07) is 4.41. The SMILES string of the molecule is Cc1cc(C)c(CC(O)C(C)C(C)C)c(C)c1. The average Bonchev–Trinajstić information content (AvgIpc) is 2.21. The van der Waals surface area contributed by atoms with Crippen molar-refractivity contribution in [1.29, 1.82) is 0 Å². The van der Waals surface area contributed by atoms with Crippen molar-refractivity contribution in [3.63, 3.8) is 0 Å². The van der Waals surface area contributed by atoms with Crippen LogP contribution in [0.2, 0.25) is 0 Å². The summed E-state index contributed by atoms with van der Waals surface area (Å²) in [7, 11) is 0. The van der Waals surface area contributed by atoms with Gasteiger partial charge in [-0.1, -0.05) is 38.5 Å². The summed E-state index contributed by atoms with van der Waals surface area (Å²) >= 11 is 0. The molecule has 1 aromatic carbocycles. The van der Waals surface area contributed by atoms with Crippen LogP contribution in [0.15, 0.2) is 12.1 Å². The van der Waals surface area contributed by atoms with Crippen molar-refractivity contribution < 1.29 is 5.11 Å². The molecule has 0 saturated carbocycles. The summed E-state index contributed by atoms with van der Waals surface area (Å²) in [6.07, 6.45) is 0.534. The van der Waals surface area contributed by atoms with Crippen molar-refractivity contribution in [2.45, 2.75) is 54.1 Å². The van der Waals surface area contributed by atoms with Gasteiger partial charge in [0.2, 0.25) is 0 Å². The zero-order valence-electron chi connectivity index (χ0n) is 12.0. The van der Waals surface area contributed by atoms with E-state index in [-0.39, 0.29) is 6.10 Å². The summed E-state index contributed by atoms with van der Waals surface area (Å²) in [4.78, 5) is 0. The highest BCUT2D eigenvalue weighted by Gasteiger charge is 2.19. The molecule has 1 heteroatoms. The Bertz CT molecular complexity index is 356. The molecule has 1 N–H and O–H groups in total. The maximum atomic E-state index is 10.3. The van der Waals surface area contributed by atoms with E-state index in [0.717, 1.165) is 6.42 Å². The lowest BCUT2D eigenvalue weighted by Crippen LogP contribution is -2.25. The maximum absolute atomic E-state index is 10.3. The Balaban J connectivity index is 2.89. The number of hydrogen-bond donors (Lipinski definition) is 1. The van der Waals surface area contributed by atoms with Crippen LogP contribution < -0.4 is 0 Å². The highest BCUT2D eigenvalue weighted by atomic mass is 16.3. The van der Waals surface area contributed by atoms with Crippen LogP contribution in [0, 0.1) is 32.6 Å². The lowest BCUT2D eigenvalue weighted by atomic mass is 9.86. The van der Waals surface area contributed by atoms with E-state index in [0.29, 0.717) is 11.8 Å². The summed E-state index contributed by atoms with van der Waals surface area (Å²) in [6.45, 7) is 12.9. The Hall–Kier alpha value is -0.820. The van der Waals surface area contributed by atoms with Crippen LogP contribution in [0.3, 0.4) is 0 Å². The first-order chi connectivity index (χ1) is 7.82. The molecule has 2 unspecified atom stereocenters. The number of benzene rings is 1. The molecule has 1 aromatic rings. The molecule has 0 radical (unpaired) electrons. The third kappa shape index (κ3) is 3.57. The molecule has 0 heterocycles. The van der Waals surface area contributed by atoms with Crippen molar-refractivity contribution in [3.8, 4) is 0 Å². The van der Waals surface area contributed by atoms with Gasteiger partial charge in [-0.3, -0.25) is 0 Å². The first kappa shape index (κ1) is 14.2. The van der Waals surface area contributed by atoms with E-state index in [4.69, 9.17) is 0 Å². The van der Waals surface area contributed by atoms with E-state index >= 15 is 0 Å². The zero-order chi connectivity index (χ0) is 13.2. The molecule has 0 spiro atoms. The summed E-state index contributed by atoms with van der Waals surface area (Å²) < 4.78 is 0. The quantitative estimate of drug-likeness (QED) is 0.840. The number of aliphatic hydroxyl groups is 1. The Morgan fingerprint density at radius 2 is 1.47 bits per heavy atom. The summed E-state index contributed by atoms with van der Waals surface area (Å²) in [5.74, 6) is 0.867.